The predicted molar refractivity (Wildman–Crippen MR) is 90.1 cm³/mol. The molecule has 0 saturated carbocycles. The van der Waals surface area contributed by atoms with E-state index in [2.05, 4.69) is 15.2 Å². The summed E-state index contributed by atoms with van der Waals surface area (Å²) >= 11 is 0. The van der Waals surface area contributed by atoms with Crippen molar-refractivity contribution in [2.75, 3.05) is 14.2 Å². The minimum atomic E-state index is -0.810. The Hall–Kier alpha value is -3.16. The van der Waals surface area contributed by atoms with Crippen molar-refractivity contribution < 1.29 is 19.1 Å². The second-order valence-electron chi connectivity index (χ2n) is 5.26. The highest BCUT2D eigenvalue weighted by Gasteiger charge is 2.16. The highest BCUT2D eigenvalue weighted by molar-refractivity contribution is 5.83. The zero-order valence-corrected chi connectivity index (χ0v) is 14.2. The fourth-order valence-electron chi connectivity index (χ4n) is 2.16. The van der Waals surface area contributed by atoms with Crippen LogP contribution in [0.4, 0.5) is 0 Å². The SMILES string of the molecule is COC(=O)[C@H](C)NC(=O)Cn1nc(-c2cccc(OC)c2)ccc1=O. The molecule has 1 N–H and O–H groups in total. The van der Waals surface area contributed by atoms with Crippen molar-refractivity contribution in [3.63, 3.8) is 0 Å². The third-order valence-corrected chi connectivity index (χ3v) is 3.46. The molecule has 0 aliphatic heterocycles. The average molecular weight is 345 g/mol. The Morgan fingerprint density at radius 1 is 1.24 bits per heavy atom. The van der Waals surface area contributed by atoms with Gasteiger partial charge in [0.15, 0.2) is 0 Å². The third-order valence-electron chi connectivity index (χ3n) is 3.46. The topological polar surface area (TPSA) is 99.5 Å². The summed E-state index contributed by atoms with van der Waals surface area (Å²) in [6.45, 7) is 1.19. The van der Waals surface area contributed by atoms with E-state index in [1.54, 1.807) is 31.4 Å². The monoisotopic (exact) mass is 345 g/mol. The van der Waals surface area contributed by atoms with E-state index in [0.29, 0.717) is 11.4 Å². The van der Waals surface area contributed by atoms with E-state index in [0.717, 1.165) is 10.2 Å². The molecule has 0 saturated heterocycles. The van der Waals surface area contributed by atoms with Crippen molar-refractivity contribution in [1.82, 2.24) is 15.1 Å². The van der Waals surface area contributed by atoms with Gasteiger partial charge in [-0.3, -0.25) is 9.59 Å². The van der Waals surface area contributed by atoms with Crippen molar-refractivity contribution in [3.8, 4) is 17.0 Å². The lowest BCUT2D eigenvalue weighted by Crippen LogP contribution is -2.42. The van der Waals surface area contributed by atoms with E-state index in [4.69, 9.17) is 4.74 Å². The van der Waals surface area contributed by atoms with Gasteiger partial charge >= 0.3 is 5.97 Å². The summed E-state index contributed by atoms with van der Waals surface area (Å²) in [6, 6.07) is 9.28. The standard InChI is InChI=1S/C17H19N3O5/c1-11(17(23)25-3)18-15(21)10-20-16(22)8-7-14(19-20)12-5-4-6-13(9-12)24-2/h4-9,11H,10H2,1-3H3,(H,18,21)/t11-/m0/s1. The summed E-state index contributed by atoms with van der Waals surface area (Å²) in [4.78, 5) is 35.3. The van der Waals surface area contributed by atoms with E-state index in [-0.39, 0.29) is 6.54 Å². The number of amides is 1. The maximum Gasteiger partial charge on any atom is 0.328 e. The molecule has 0 fully saturated rings. The molecular weight excluding hydrogens is 326 g/mol. The van der Waals surface area contributed by atoms with E-state index >= 15 is 0 Å². The molecule has 0 unspecified atom stereocenters. The Bertz CT molecular complexity index is 831. The van der Waals surface area contributed by atoms with Crippen molar-refractivity contribution in [1.29, 1.82) is 0 Å². The Labute approximate surface area is 144 Å². The number of methoxy groups -OCH3 is 2. The average Bonchev–Trinajstić information content (AvgIpc) is 2.62. The van der Waals surface area contributed by atoms with Crippen LogP contribution in [0.5, 0.6) is 5.75 Å². The van der Waals surface area contributed by atoms with Gasteiger partial charge in [0.1, 0.15) is 18.3 Å². The van der Waals surface area contributed by atoms with Crippen LogP contribution in [-0.2, 0) is 20.9 Å². The van der Waals surface area contributed by atoms with Gasteiger partial charge in [-0.25, -0.2) is 9.48 Å². The van der Waals surface area contributed by atoms with Gasteiger partial charge in [0.2, 0.25) is 5.91 Å². The predicted octanol–water partition coefficient (Wildman–Crippen LogP) is 0.597. The van der Waals surface area contributed by atoms with Gasteiger partial charge < -0.3 is 14.8 Å². The first-order valence-corrected chi connectivity index (χ1v) is 7.54. The Morgan fingerprint density at radius 3 is 2.68 bits per heavy atom. The summed E-state index contributed by atoms with van der Waals surface area (Å²) in [5.41, 5.74) is 0.844. The number of aromatic nitrogens is 2. The maximum absolute atomic E-state index is 12.0. The van der Waals surface area contributed by atoms with Crippen LogP contribution in [0.2, 0.25) is 0 Å². The fraction of sp³-hybridized carbons (Fsp3) is 0.294. The zero-order valence-electron chi connectivity index (χ0n) is 14.2. The second-order valence-corrected chi connectivity index (χ2v) is 5.26. The van der Waals surface area contributed by atoms with Crippen LogP contribution < -0.4 is 15.6 Å². The molecule has 0 bridgehead atoms. The van der Waals surface area contributed by atoms with Crippen LogP contribution in [0.15, 0.2) is 41.2 Å². The number of ether oxygens (including phenoxy) is 2. The first-order chi connectivity index (χ1) is 11.9. The molecule has 0 aliphatic carbocycles. The summed E-state index contributed by atoms with van der Waals surface area (Å²) in [5.74, 6) is -0.434. The number of benzene rings is 1. The summed E-state index contributed by atoms with van der Waals surface area (Å²) < 4.78 is 10.7. The number of nitrogens with one attached hydrogen (secondary N) is 1. The van der Waals surface area contributed by atoms with Gasteiger partial charge in [-0.15, -0.1) is 0 Å². The lowest BCUT2D eigenvalue weighted by molar-refractivity contribution is -0.144. The number of rotatable bonds is 6. The second kappa shape index (κ2) is 8.09. The zero-order chi connectivity index (χ0) is 18.4. The number of carbonyl (C=O) groups is 2. The third kappa shape index (κ3) is 4.66. The van der Waals surface area contributed by atoms with Gasteiger partial charge in [0.25, 0.3) is 5.56 Å². The van der Waals surface area contributed by atoms with Crippen molar-refractivity contribution in [2.45, 2.75) is 19.5 Å². The molecule has 8 heteroatoms. The van der Waals surface area contributed by atoms with E-state index in [1.165, 1.54) is 20.1 Å². The molecule has 1 aromatic carbocycles. The minimum absolute atomic E-state index is 0.308. The lowest BCUT2D eigenvalue weighted by Gasteiger charge is -2.12. The highest BCUT2D eigenvalue weighted by Crippen LogP contribution is 2.20. The van der Waals surface area contributed by atoms with Crippen LogP contribution >= 0.6 is 0 Å². The van der Waals surface area contributed by atoms with Crippen LogP contribution in [0.3, 0.4) is 0 Å². The smallest absolute Gasteiger partial charge is 0.328 e. The van der Waals surface area contributed by atoms with E-state index in [1.807, 2.05) is 6.07 Å². The molecule has 2 rings (SSSR count). The molecule has 8 nitrogen and oxygen atoms in total. The van der Waals surface area contributed by atoms with E-state index < -0.39 is 23.5 Å². The quantitative estimate of drug-likeness (QED) is 0.770. The molecule has 1 aromatic heterocycles. The molecule has 1 atom stereocenters. The Morgan fingerprint density at radius 2 is 2.00 bits per heavy atom. The number of esters is 1. The molecule has 0 radical (unpaired) electrons. The molecule has 25 heavy (non-hydrogen) atoms. The summed E-state index contributed by atoms with van der Waals surface area (Å²) in [6.07, 6.45) is 0. The highest BCUT2D eigenvalue weighted by atomic mass is 16.5. The van der Waals surface area contributed by atoms with Crippen LogP contribution in [0, 0.1) is 0 Å². The number of carbonyl (C=O) groups excluding carboxylic acids is 2. The van der Waals surface area contributed by atoms with Crippen LogP contribution in [-0.4, -0.2) is 41.9 Å². The Kier molecular flexibility index (Phi) is 5.89. The molecule has 1 amide bonds. The van der Waals surface area contributed by atoms with Crippen molar-refractivity contribution in [3.05, 3.63) is 46.8 Å². The number of hydrogen-bond acceptors (Lipinski definition) is 6. The lowest BCUT2D eigenvalue weighted by atomic mass is 10.1. The first-order valence-electron chi connectivity index (χ1n) is 7.54. The fourth-order valence-corrected chi connectivity index (χ4v) is 2.16. The number of hydrogen-bond donors (Lipinski definition) is 1. The molecule has 1 heterocycles. The summed E-state index contributed by atoms with van der Waals surface area (Å²) in [7, 11) is 2.79. The molecule has 0 spiro atoms. The molecule has 132 valence electrons. The van der Waals surface area contributed by atoms with Gasteiger partial charge in [-0.05, 0) is 25.1 Å². The molecule has 2 aromatic rings. The van der Waals surface area contributed by atoms with Crippen LogP contribution in [0.1, 0.15) is 6.92 Å². The normalized spacial score (nSPS) is 11.5. The molecule has 0 aliphatic rings. The largest absolute Gasteiger partial charge is 0.497 e. The van der Waals surface area contributed by atoms with Crippen molar-refractivity contribution >= 4 is 11.9 Å². The van der Waals surface area contributed by atoms with Gasteiger partial charge in [-0.2, -0.15) is 5.10 Å². The maximum atomic E-state index is 12.0. The first kappa shape index (κ1) is 18.2. The van der Waals surface area contributed by atoms with Crippen molar-refractivity contribution in [2.24, 2.45) is 0 Å². The minimum Gasteiger partial charge on any atom is -0.497 e. The van der Waals surface area contributed by atoms with Gasteiger partial charge in [-0.1, -0.05) is 12.1 Å². The number of nitrogens with zero attached hydrogens (tertiary/aromatic N) is 2. The van der Waals surface area contributed by atoms with Gasteiger partial charge in [0.05, 0.1) is 19.9 Å². The van der Waals surface area contributed by atoms with E-state index in [9.17, 15) is 14.4 Å². The summed E-state index contributed by atoms with van der Waals surface area (Å²) in [5, 5.41) is 6.65. The Balaban J connectivity index is 2.20. The van der Waals surface area contributed by atoms with Crippen LogP contribution in [0.25, 0.3) is 11.3 Å². The van der Waals surface area contributed by atoms with Gasteiger partial charge in [0, 0.05) is 11.6 Å². The molecular formula is C17H19N3O5.